The Balaban J connectivity index is 1.49. The van der Waals surface area contributed by atoms with Crippen LogP contribution in [0.1, 0.15) is 72.1 Å². The molecule has 3 aliphatic carbocycles. The summed E-state index contributed by atoms with van der Waals surface area (Å²) in [6.07, 6.45) is 15.0. The number of esters is 1. The van der Waals surface area contributed by atoms with Crippen molar-refractivity contribution in [1.82, 2.24) is 0 Å². The fourth-order valence-electron chi connectivity index (χ4n) is 6.03. The highest BCUT2D eigenvalue weighted by Crippen LogP contribution is 2.59. The van der Waals surface area contributed by atoms with Crippen LogP contribution in [0.3, 0.4) is 0 Å². The van der Waals surface area contributed by atoms with Gasteiger partial charge in [-0.1, -0.05) is 32.1 Å². The molecule has 0 N–H and O–H groups in total. The van der Waals surface area contributed by atoms with Gasteiger partial charge in [0.1, 0.15) is 6.10 Å². The molecule has 4 nitrogen and oxygen atoms in total. The third kappa shape index (κ3) is 3.54. The van der Waals surface area contributed by atoms with Crippen LogP contribution in [0.25, 0.3) is 0 Å². The SMILES string of the molecule is C/C=C\CCCC(=O)OC1CCC2C3OCC4=CC(=O)CCC4(C)C3=CCC12C. The molecule has 0 bridgehead atoms. The van der Waals surface area contributed by atoms with E-state index in [0.717, 1.165) is 44.1 Å². The molecular weight excluding hydrogens is 364 g/mol. The number of hydrogen-bond acceptors (Lipinski definition) is 4. The molecule has 1 aliphatic heterocycles. The van der Waals surface area contributed by atoms with Crippen LogP contribution in [-0.4, -0.2) is 30.6 Å². The highest BCUT2D eigenvalue weighted by atomic mass is 16.5. The molecule has 5 unspecified atom stereocenters. The molecule has 1 heterocycles. The summed E-state index contributed by atoms with van der Waals surface area (Å²) in [4.78, 5) is 24.3. The molecule has 1 saturated carbocycles. The lowest BCUT2D eigenvalue weighted by Crippen LogP contribution is -2.51. The number of hydrogen-bond donors (Lipinski definition) is 0. The number of ether oxygens (including phenoxy) is 2. The van der Waals surface area contributed by atoms with E-state index in [4.69, 9.17) is 9.47 Å². The maximum absolute atomic E-state index is 12.4. The summed E-state index contributed by atoms with van der Waals surface area (Å²) in [6.45, 7) is 7.11. The monoisotopic (exact) mass is 398 g/mol. The van der Waals surface area contributed by atoms with Gasteiger partial charge in [-0.15, -0.1) is 0 Å². The average molecular weight is 399 g/mol. The van der Waals surface area contributed by atoms with Gasteiger partial charge in [-0.3, -0.25) is 9.59 Å². The van der Waals surface area contributed by atoms with Gasteiger partial charge < -0.3 is 9.47 Å². The minimum Gasteiger partial charge on any atom is -0.462 e. The lowest BCUT2D eigenvalue weighted by molar-refractivity contribution is -0.157. The predicted octanol–water partition coefficient (Wildman–Crippen LogP) is 5.09. The van der Waals surface area contributed by atoms with Crippen molar-refractivity contribution in [3.05, 3.63) is 35.5 Å². The van der Waals surface area contributed by atoms with Crippen molar-refractivity contribution >= 4 is 11.8 Å². The minimum absolute atomic E-state index is 0.0270. The smallest absolute Gasteiger partial charge is 0.306 e. The van der Waals surface area contributed by atoms with Gasteiger partial charge in [-0.05, 0) is 68.6 Å². The number of carbonyl (C=O) groups excluding carboxylic acids is 2. The molecular formula is C25H34O4. The number of allylic oxidation sites excluding steroid dienone is 4. The van der Waals surface area contributed by atoms with E-state index in [1.165, 1.54) is 5.57 Å². The van der Waals surface area contributed by atoms with Crippen molar-refractivity contribution in [2.75, 3.05) is 6.61 Å². The number of unbranched alkanes of at least 4 members (excludes halogenated alkanes) is 1. The first-order valence-electron chi connectivity index (χ1n) is 11.2. The largest absolute Gasteiger partial charge is 0.462 e. The first kappa shape index (κ1) is 20.6. The van der Waals surface area contributed by atoms with Crippen LogP contribution in [0.4, 0.5) is 0 Å². The number of fused-ring (bicyclic) bond motifs is 5. The van der Waals surface area contributed by atoms with Crippen molar-refractivity contribution in [3.8, 4) is 0 Å². The first-order valence-corrected chi connectivity index (χ1v) is 11.2. The number of carbonyl (C=O) groups is 2. The van der Waals surface area contributed by atoms with E-state index in [2.05, 4.69) is 26.0 Å². The van der Waals surface area contributed by atoms with E-state index < -0.39 is 0 Å². The van der Waals surface area contributed by atoms with Gasteiger partial charge in [0.2, 0.25) is 0 Å². The molecule has 29 heavy (non-hydrogen) atoms. The van der Waals surface area contributed by atoms with E-state index in [9.17, 15) is 9.59 Å². The topological polar surface area (TPSA) is 52.6 Å². The average Bonchev–Trinajstić information content (AvgIpc) is 3.02. The predicted molar refractivity (Wildman–Crippen MR) is 112 cm³/mol. The summed E-state index contributed by atoms with van der Waals surface area (Å²) in [6, 6.07) is 0. The Morgan fingerprint density at radius 2 is 2.17 bits per heavy atom. The normalized spacial score (nSPS) is 38.7. The molecule has 1 saturated heterocycles. The summed E-state index contributed by atoms with van der Waals surface area (Å²) in [5.41, 5.74) is 2.40. The molecule has 158 valence electrons. The Kier molecular flexibility index (Phi) is 5.58. The molecule has 0 aromatic rings. The highest BCUT2D eigenvalue weighted by molar-refractivity contribution is 5.92. The number of rotatable bonds is 5. The van der Waals surface area contributed by atoms with Gasteiger partial charge in [-0.25, -0.2) is 0 Å². The van der Waals surface area contributed by atoms with Gasteiger partial charge in [0.05, 0.1) is 12.7 Å². The lowest BCUT2D eigenvalue weighted by atomic mass is 9.58. The molecule has 0 aromatic carbocycles. The molecule has 4 rings (SSSR count). The van der Waals surface area contributed by atoms with Crippen LogP contribution >= 0.6 is 0 Å². The van der Waals surface area contributed by atoms with E-state index >= 15 is 0 Å². The van der Waals surface area contributed by atoms with Gasteiger partial charge >= 0.3 is 5.97 Å². The summed E-state index contributed by atoms with van der Waals surface area (Å²) in [5.74, 6) is 0.533. The van der Waals surface area contributed by atoms with E-state index in [1.54, 1.807) is 0 Å². The van der Waals surface area contributed by atoms with Gasteiger partial charge in [0.25, 0.3) is 0 Å². The van der Waals surface area contributed by atoms with Crippen molar-refractivity contribution in [3.63, 3.8) is 0 Å². The van der Waals surface area contributed by atoms with Crippen LogP contribution in [0, 0.1) is 16.7 Å². The van der Waals surface area contributed by atoms with Crippen molar-refractivity contribution < 1.29 is 19.1 Å². The Hall–Kier alpha value is -1.68. The van der Waals surface area contributed by atoms with Crippen LogP contribution in [-0.2, 0) is 19.1 Å². The van der Waals surface area contributed by atoms with Crippen molar-refractivity contribution in [2.45, 2.75) is 84.3 Å². The maximum atomic E-state index is 12.4. The lowest BCUT2D eigenvalue weighted by Gasteiger charge is -2.52. The molecule has 5 atom stereocenters. The Bertz CT molecular complexity index is 776. The fraction of sp³-hybridized carbons (Fsp3) is 0.680. The molecule has 4 heteroatoms. The van der Waals surface area contributed by atoms with Gasteiger partial charge in [0, 0.05) is 23.7 Å². The molecule has 2 fully saturated rings. The molecule has 0 spiro atoms. The summed E-state index contributed by atoms with van der Waals surface area (Å²) >= 11 is 0. The third-order valence-electron chi connectivity index (χ3n) is 7.99. The summed E-state index contributed by atoms with van der Waals surface area (Å²) in [7, 11) is 0. The second-order valence-electron chi connectivity index (χ2n) is 9.69. The number of ketones is 1. The zero-order valence-corrected chi connectivity index (χ0v) is 18.0. The third-order valence-corrected chi connectivity index (χ3v) is 7.99. The van der Waals surface area contributed by atoms with E-state index in [-0.39, 0.29) is 34.8 Å². The maximum Gasteiger partial charge on any atom is 0.306 e. The van der Waals surface area contributed by atoms with Crippen molar-refractivity contribution in [1.29, 1.82) is 0 Å². The van der Waals surface area contributed by atoms with Gasteiger partial charge in [0.15, 0.2) is 5.78 Å². The summed E-state index contributed by atoms with van der Waals surface area (Å²) in [5, 5.41) is 0. The second-order valence-corrected chi connectivity index (χ2v) is 9.69. The van der Waals surface area contributed by atoms with E-state index in [1.807, 2.05) is 19.1 Å². The van der Waals surface area contributed by atoms with Crippen LogP contribution in [0.2, 0.25) is 0 Å². The quantitative estimate of drug-likeness (QED) is 0.368. The molecule has 0 aromatic heterocycles. The minimum atomic E-state index is -0.0660. The summed E-state index contributed by atoms with van der Waals surface area (Å²) < 4.78 is 12.3. The Morgan fingerprint density at radius 1 is 1.34 bits per heavy atom. The Morgan fingerprint density at radius 3 is 2.97 bits per heavy atom. The zero-order valence-electron chi connectivity index (χ0n) is 18.0. The first-order chi connectivity index (χ1) is 13.9. The highest BCUT2D eigenvalue weighted by Gasteiger charge is 2.58. The van der Waals surface area contributed by atoms with E-state index in [0.29, 0.717) is 25.4 Å². The molecule has 0 radical (unpaired) electrons. The van der Waals surface area contributed by atoms with Gasteiger partial charge in [-0.2, -0.15) is 0 Å². The van der Waals surface area contributed by atoms with Crippen molar-refractivity contribution in [2.24, 2.45) is 16.7 Å². The second kappa shape index (κ2) is 7.86. The van der Waals surface area contributed by atoms with Crippen LogP contribution in [0.5, 0.6) is 0 Å². The molecule has 0 amide bonds. The standard InChI is InChI=1S/C25H34O4/c1-4-5-6-7-8-22(27)29-21-10-9-19-23-20(12-14-25(19,21)3)24(2)13-11-18(26)15-17(24)16-28-23/h4-5,12,15,19,21,23H,6-11,13-14,16H2,1-3H3/b5-4-. The van der Waals surface area contributed by atoms with Crippen LogP contribution < -0.4 is 0 Å². The fourth-order valence-corrected chi connectivity index (χ4v) is 6.03. The zero-order chi connectivity index (χ0) is 20.6. The molecule has 4 aliphatic rings. The Labute approximate surface area is 174 Å². The van der Waals surface area contributed by atoms with Crippen LogP contribution in [0.15, 0.2) is 35.5 Å².